The van der Waals surface area contributed by atoms with Gasteiger partial charge in [-0.1, -0.05) is 13.8 Å². The van der Waals surface area contributed by atoms with Gasteiger partial charge in [-0.25, -0.2) is 0 Å². The lowest BCUT2D eigenvalue weighted by molar-refractivity contribution is -0.137. The molecule has 0 heterocycles. The van der Waals surface area contributed by atoms with Crippen LogP contribution in [0.5, 0.6) is 0 Å². The van der Waals surface area contributed by atoms with Crippen LogP contribution in [-0.4, -0.2) is 29.6 Å². The van der Waals surface area contributed by atoms with Crippen molar-refractivity contribution in [1.29, 1.82) is 0 Å². The minimum Gasteiger partial charge on any atom is -0.393 e. The number of aliphatic hydroxyl groups is 1. The van der Waals surface area contributed by atoms with Crippen molar-refractivity contribution in [2.75, 3.05) is 11.9 Å². The van der Waals surface area contributed by atoms with Crippen molar-refractivity contribution in [3.63, 3.8) is 0 Å². The van der Waals surface area contributed by atoms with Crippen LogP contribution < -0.4 is 10.6 Å². The quantitative estimate of drug-likeness (QED) is 0.717. The molecule has 1 aromatic rings. The molecule has 0 spiro atoms. The van der Waals surface area contributed by atoms with Gasteiger partial charge in [-0.2, -0.15) is 13.2 Å². The average molecular weight is 346 g/mol. The highest BCUT2D eigenvalue weighted by atomic mass is 19.4. The van der Waals surface area contributed by atoms with Crippen LogP contribution in [0.3, 0.4) is 0 Å². The van der Waals surface area contributed by atoms with E-state index in [1.54, 1.807) is 6.92 Å². The van der Waals surface area contributed by atoms with E-state index in [4.69, 9.17) is 0 Å². The first-order chi connectivity index (χ1) is 10.9. The fourth-order valence-electron chi connectivity index (χ4n) is 2.20. The van der Waals surface area contributed by atoms with E-state index >= 15 is 0 Å². The van der Waals surface area contributed by atoms with Gasteiger partial charge in [0.1, 0.15) is 0 Å². The highest BCUT2D eigenvalue weighted by molar-refractivity contribution is 6.39. The van der Waals surface area contributed by atoms with Gasteiger partial charge >= 0.3 is 18.0 Å². The number of hydrogen-bond donors (Lipinski definition) is 3. The Hall–Kier alpha value is -2.09. The lowest BCUT2D eigenvalue weighted by Crippen LogP contribution is -2.41. The third kappa shape index (κ3) is 6.57. The number of hydrogen-bond acceptors (Lipinski definition) is 3. The van der Waals surface area contributed by atoms with E-state index in [1.807, 2.05) is 13.8 Å². The van der Waals surface area contributed by atoms with E-state index in [1.165, 1.54) is 0 Å². The second-order valence-corrected chi connectivity index (χ2v) is 6.43. The fourth-order valence-corrected chi connectivity index (χ4v) is 2.20. The van der Waals surface area contributed by atoms with Gasteiger partial charge in [0.25, 0.3) is 0 Å². The van der Waals surface area contributed by atoms with Crippen LogP contribution in [0.25, 0.3) is 0 Å². The average Bonchev–Trinajstić information content (AvgIpc) is 2.43. The predicted octanol–water partition coefficient (Wildman–Crippen LogP) is 2.56. The maximum atomic E-state index is 12.4. The Kier molecular flexibility index (Phi) is 6.36. The van der Waals surface area contributed by atoms with Crippen molar-refractivity contribution in [3.05, 3.63) is 29.8 Å². The molecule has 0 aliphatic rings. The number of rotatable bonds is 5. The molecule has 0 aliphatic heterocycles. The summed E-state index contributed by atoms with van der Waals surface area (Å²) in [4.78, 5) is 23.5. The summed E-state index contributed by atoms with van der Waals surface area (Å²) in [5.41, 5.74) is -1.16. The molecule has 8 heteroatoms. The van der Waals surface area contributed by atoms with Gasteiger partial charge in [-0.15, -0.1) is 0 Å². The highest BCUT2D eigenvalue weighted by Gasteiger charge is 2.30. The molecule has 1 atom stereocenters. The van der Waals surface area contributed by atoms with Crippen molar-refractivity contribution in [3.8, 4) is 0 Å². The van der Waals surface area contributed by atoms with Gasteiger partial charge in [0.2, 0.25) is 0 Å². The summed E-state index contributed by atoms with van der Waals surface area (Å²) in [6.45, 7) is 5.46. The minimum absolute atomic E-state index is 0.0893. The number of benzene rings is 1. The lowest BCUT2D eigenvalue weighted by Gasteiger charge is -2.26. The smallest absolute Gasteiger partial charge is 0.393 e. The van der Waals surface area contributed by atoms with Gasteiger partial charge in [-0.3, -0.25) is 9.59 Å². The Bertz CT molecular complexity index is 581. The van der Waals surface area contributed by atoms with Crippen LogP contribution in [-0.2, 0) is 15.8 Å². The van der Waals surface area contributed by atoms with Gasteiger partial charge in [-0.05, 0) is 43.0 Å². The molecule has 1 rings (SSSR count). The molecule has 1 aromatic carbocycles. The Balaban J connectivity index is 2.57. The zero-order valence-corrected chi connectivity index (χ0v) is 13.7. The molecule has 0 radical (unpaired) electrons. The van der Waals surface area contributed by atoms with Crippen LogP contribution in [0.1, 0.15) is 32.8 Å². The molecular formula is C16H21F3N2O3. The Morgan fingerprint density at radius 2 is 1.67 bits per heavy atom. The molecule has 3 N–H and O–H groups in total. The van der Waals surface area contributed by atoms with Crippen molar-refractivity contribution in [2.45, 2.75) is 39.5 Å². The van der Waals surface area contributed by atoms with Crippen molar-refractivity contribution >= 4 is 17.5 Å². The maximum Gasteiger partial charge on any atom is 0.416 e. The topological polar surface area (TPSA) is 78.4 Å². The van der Waals surface area contributed by atoms with Crippen LogP contribution in [0.2, 0.25) is 0 Å². The monoisotopic (exact) mass is 346 g/mol. The van der Waals surface area contributed by atoms with Crippen LogP contribution in [0, 0.1) is 5.41 Å². The van der Waals surface area contributed by atoms with E-state index in [9.17, 15) is 27.9 Å². The Labute approximate surface area is 138 Å². The van der Waals surface area contributed by atoms with E-state index in [0.717, 1.165) is 24.3 Å². The third-order valence-corrected chi connectivity index (χ3v) is 3.25. The summed E-state index contributed by atoms with van der Waals surface area (Å²) >= 11 is 0. The Morgan fingerprint density at radius 3 is 2.12 bits per heavy atom. The number of amides is 2. The van der Waals surface area contributed by atoms with E-state index < -0.39 is 35.1 Å². The van der Waals surface area contributed by atoms with Gasteiger partial charge in [0.05, 0.1) is 11.7 Å². The van der Waals surface area contributed by atoms with Crippen molar-refractivity contribution < 1.29 is 27.9 Å². The summed E-state index contributed by atoms with van der Waals surface area (Å²) in [5, 5.41) is 14.0. The third-order valence-electron chi connectivity index (χ3n) is 3.25. The summed E-state index contributed by atoms with van der Waals surface area (Å²) < 4.78 is 37.3. The van der Waals surface area contributed by atoms with Crippen LogP contribution in [0.4, 0.5) is 18.9 Å². The van der Waals surface area contributed by atoms with Gasteiger partial charge < -0.3 is 15.7 Å². The molecule has 2 amide bonds. The molecule has 24 heavy (non-hydrogen) atoms. The molecule has 0 aliphatic carbocycles. The minimum atomic E-state index is -4.46. The molecule has 0 aromatic heterocycles. The largest absolute Gasteiger partial charge is 0.416 e. The van der Waals surface area contributed by atoms with E-state index in [0.29, 0.717) is 6.42 Å². The second kappa shape index (κ2) is 7.65. The van der Waals surface area contributed by atoms with Crippen molar-refractivity contribution in [1.82, 2.24) is 5.32 Å². The SMILES string of the molecule is CC(O)CC(C)(C)CNC(=O)C(=O)Nc1ccc(C(F)(F)F)cc1. The molecule has 0 saturated heterocycles. The number of halogens is 3. The summed E-state index contributed by atoms with van der Waals surface area (Å²) in [6.07, 6.45) is -4.57. The zero-order chi connectivity index (χ0) is 18.5. The zero-order valence-electron chi connectivity index (χ0n) is 13.7. The number of carbonyl (C=O) groups excluding carboxylic acids is 2. The first kappa shape index (κ1) is 20.0. The first-order valence-electron chi connectivity index (χ1n) is 7.35. The van der Waals surface area contributed by atoms with E-state index in [2.05, 4.69) is 10.6 Å². The highest BCUT2D eigenvalue weighted by Crippen LogP contribution is 2.29. The van der Waals surface area contributed by atoms with Crippen molar-refractivity contribution in [2.24, 2.45) is 5.41 Å². The molecule has 1 unspecified atom stereocenters. The molecule has 0 bridgehead atoms. The lowest BCUT2D eigenvalue weighted by atomic mass is 9.87. The van der Waals surface area contributed by atoms with Gasteiger partial charge in [0, 0.05) is 12.2 Å². The normalized spacial score (nSPS) is 13.3. The van der Waals surface area contributed by atoms with Gasteiger partial charge in [0.15, 0.2) is 0 Å². The second-order valence-electron chi connectivity index (χ2n) is 6.43. The van der Waals surface area contributed by atoms with Crippen LogP contribution in [0.15, 0.2) is 24.3 Å². The number of nitrogens with one attached hydrogen (secondary N) is 2. The summed E-state index contributed by atoms with van der Waals surface area (Å²) in [5.74, 6) is -1.86. The number of aliphatic hydroxyl groups excluding tert-OH is 1. The van der Waals surface area contributed by atoms with Crippen LogP contribution >= 0.6 is 0 Å². The number of anilines is 1. The first-order valence-corrected chi connectivity index (χ1v) is 7.35. The number of carbonyl (C=O) groups is 2. The predicted molar refractivity (Wildman–Crippen MR) is 83.2 cm³/mol. The fraction of sp³-hybridized carbons (Fsp3) is 0.500. The van der Waals surface area contributed by atoms with E-state index in [-0.39, 0.29) is 12.2 Å². The maximum absolute atomic E-state index is 12.4. The molecule has 0 saturated carbocycles. The Morgan fingerprint density at radius 1 is 1.12 bits per heavy atom. The molecule has 5 nitrogen and oxygen atoms in total. The summed E-state index contributed by atoms with van der Waals surface area (Å²) in [7, 11) is 0. The summed E-state index contributed by atoms with van der Waals surface area (Å²) in [6, 6.07) is 3.79. The molecular weight excluding hydrogens is 325 g/mol. The standard InChI is InChI=1S/C16H21F3N2O3/c1-10(22)8-15(2,3)9-20-13(23)14(24)21-12-6-4-11(5-7-12)16(17,18)19/h4-7,10,22H,8-9H2,1-3H3,(H,20,23)(H,21,24). The molecule has 134 valence electrons. The number of alkyl halides is 3. The molecule has 0 fully saturated rings.